The van der Waals surface area contributed by atoms with Gasteiger partial charge in [0, 0.05) is 23.4 Å². The van der Waals surface area contributed by atoms with E-state index in [9.17, 15) is 8.42 Å². The van der Waals surface area contributed by atoms with Gasteiger partial charge in [0.1, 0.15) is 0 Å². The summed E-state index contributed by atoms with van der Waals surface area (Å²) in [5, 5.41) is 1.89. The number of nitrogens with zero attached hydrogens (tertiary/aromatic N) is 1. The molecule has 2 aliphatic rings. The summed E-state index contributed by atoms with van der Waals surface area (Å²) < 4.78 is 38.9. The van der Waals surface area contributed by atoms with Gasteiger partial charge in [0.25, 0.3) is 0 Å². The van der Waals surface area contributed by atoms with Crippen molar-refractivity contribution in [3.63, 3.8) is 0 Å². The maximum atomic E-state index is 13.0. The molecule has 0 aromatic heterocycles. The Balaban J connectivity index is 1.57. The molecule has 5 nitrogen and oxygen atoms in total. The van der Waals surface area contributed by atoms with E-state index in [1.807, 2.05) is 18.2 Å². The third-order valence-corrected chi connectivity index (χ3v) is 6.81. The molecule has 0 N–H and O–H groups in total. The number of hydrogen-bond donors (Lipinski definition) is 0. The van der Waals surface area contributed by atoms with Gasteiger partial charge in [-0.05, 0) is 54.3 Å². The minimum Gasteiger partial charge on any atom is -0.490 e. The van der Waals surface area contributed by atoms with Crippen molar-refractivity contribution in [1.29, 1.82) is 0 Å². The zero-order chi connectivity index (χ0) is 19.6. The fourth-order valence-electron chi connectivity index (χ4n) is 3.58. The predicted molar refractivity (Wildman–Crippen MR) is 110 cm³/mol. The van der Waals surface area contributed by atoms with E-state index in [1.54, 1.807) is 34.6 Å². The average molecular weight is 420 g/mol. The van der Waals surface area contributed by atoms with E-state index < -0.39 is 10.0 Å². The minimum absolute atomic E-state index is 0.197. The highest BCUT2D eigenvalue weighted by molar-refractivity contribution is 7.92. The topological polar surface area (TPSA) is 55.8 Å². The Kier molecular flexibility index (Phi) is 5.62. The van der Waals surface area contributed by atoms with Crippen molar-refractivity contribution in [3.05, 3.63) is 64.0 Å². The molecule has 148 valence electrons. The molecule has 1 unspecified atom stereocenters. The maximum Gasteiger partial charge on any atom is 0.236 e. The number of fused-ring (bicyclic) bond motifs is 1. The van der Waals surface area contributed by atoms with Gasteiger partial charge in [0.15, 0.2) is 11.5 Å². The number of ether oxygens (including phenoxy) is 2. The van der Waals surface area contributed by atoms with Crippen LogP contribution in [0.1, 0.15) is 36.4 Å². The predicted octanol–water partition coefficient (Wildman–Crippen LogP) is 4.64. The van der Waals surface area contributed by atoms with E-state index in [-0.39, 0.29) is 6.04 Å². The lowest BCUT2D eigenvalue weighted by molar-refractivity contribution is 0.296. The lowest BCUT2D eigenvalue weighted by atomic mass is 10.0. The van der Waals surface area contributed by atoms with Crippen molar-refractivity contribution < 1.29 is 17.9 Å². The van der Waals surface area contributed by atoms with E-state index in [0.717, 1.165) is 36.1 Å². The van der Waals surface area contributed by atoms with Crippen LogP contribution in [0, 0.1) is 0 Å². The van der Waals surface area contributed by atoms with Crippen molar-refractivity contribution in [2.75, 3.05) is 19.8 Å². The zero-order valence-electron chi connectivity index (χ0n) is 15.4. The SMILES string of the molecule is O=S(=O)(C=Cc1ccc(Cl)cc1)N1CCCC1c1ccc2c(c1)OCCCO2. The summed E-state index contributed by atoms with van der Waals surface area (Å²) in [4.78, 5) is 0. The first-order valence-electron chi connectivity index (χ1n) is 9.38. The molecule has 4 rings (SSSR count). The summed E-state index contributed by atoms with van der Waals surface area (Å²) in [7, 11) is -3.55. The molecule has 2 aromatic rings. The third kappa shape index (κ3) is 4.19. The van der Waals surface area contributed by atoms with Crippen LogP contribution in [0.15, 0.2) is 47.9 Å². The molecule has 0 saturated carbocycles. The molecule has 1 atom stereocenters. The second-order valence-corrected chi connectivity index (χ2v) is 9.13. The maximum absolute atomic E-state index is 13.0. The second-order valence-electron chi connectivity index (χ2n) is 6.92. The van der Waals surface area contributed by atoms with Crippen LogP contribution in [0.25, 0.3) is 6.08 Å². The second kappa shape index (κ2) is 8.15. The van der Waals surface area contributed by atoms with Crippen LogP contribution in [-0.2, 0) is 10.0 Å². The monoisotopic (exact) mass is 419 g/mol. The van der Waals surface area contributed by atoms with E-state index in [0.29, 0.717) is 30.5 Å². The lowest BCUT2D eigenvalue weighted by Crippen LogP contribution is -2.28. The fourth-order valence-corrected chi connectivity index (χ4v) is 5.16. The van der Waals surface area contributed by atoms with Crippen LogP contribution in [0.2, 0.25) is 5.02 Å². The van der Waals surface area contributed by atoms with Crippen molar-refractivity contribution in [2.24, 2.45) is 0 Å². The molecule has 0 radical (unpaired) electrons. The van der Waals surface area contributed by atoms with Crippen molar-refractivity contribution in [2.45, 2.75) is 25.3 Å². The van der Waals surface area contributed by atoms with Gasteiger partial charge in [0.2, 0.25) is 10.0 Å². The summed E-state index contributed by atoms with van der Waals surface area (Å²) in [5.41, 5.74) is 1.73. The average Bonchev–Trinajstić information content (AvgIpc) is 3.08. The molecule has 0 spiro atoms. The number of hydrogen-bond acceptors (Lipinski definition) is 4. The van der Waals surface area contributed by atoms with Gasteiger partial charge in [-0.15, -0.1) is 0 Å². The van der Waals surface area contributed by atoms with E-state index in [4.69, 9.17) is 21.1 Å². The van der Waals surface area contributed by atoms with E-state index in [2.05, 4.69) is 0 Å². The van der Waals surface area contributed by atoms with Crippen LogP contribution in [0.3, 0.4) is 0 Å². The van der Waals surface area contributed by atoms with Gasteiger partial charge in [-0.3, -0.25) is 0 Å². The third-order valence-electron chi connectivity index (χ3n) is 4.99. The molecular formula is C21H22ClNO4S. The van der Waals surface area contributed by atoms with Gasteiger partial charge in [-0.1, -0.05) is 29.8 Å². The summed E-state index contributed by atoms with van der Waals surface area (Å²) in [6, 6.07) is 12.6. The van der Waals surface area contributed by atoms with Gasteiger partial charge in [0.05, 0.1) is 19.3 Å². The highest BCUT2D eigenvalue weighted by Gasteiger charge is 2.34. The standard InChI is InChI=1S/C21H22ClNO4S/c22-18-7-4-16(5-8-18)10-14-28(24,25)23-11-1-3-19(23)17-6-9-20-21(15-17)27-13-2-12-26-20/h4-10,14-15,19H,1-3,11-13H2. The number of sulfonamides is 1. The smallest absolute Gasteiger partial charge is 0.236 e. The van der Waals surface area contributed by atoms with Crippen LogP contribution in [0.5, 0.6) is 11.5 Å². The Labute approximate surface area is 170 Å². The zero-order valence-corrected chi connectivity index (χ0v) is 17.0. The highest BCUT2D eigenvalue weighted by atomic mass is 35.5. The van der Waals surface area contributed by atoms with Crippen LogP contribution in [-0.4, -0.2) is 32.5 Å². The molecule has 0 bridgehead atoms. The van der Waals surface area contributed by atoms with Crippen LogP contribution >= 0.6 is 11.6 Å². The molecule has 2 aliphatic heterocycles. The Bertz CT molecular complexity index is 972. The molecule has 1 saturated heterocycles. The summed E-state index contributed by atoms with van der Waals surface area (Å²) in [6.45, 7) is 1.74. The van der Waals surface area contributed by atoms with Crippen LogP contribution in [0.4, 0.5) is 0 Å². The number of halogens is 1. The lowest BCUT2D eigenvalue weighted by Gasteiger charge is -2.23. The van der Waals surface area contributed by atoms with E-state index >= 15 is 0 Å². The minimum atomic E-state index is -3.55. The Morgan fingerprint density at radius 3 is 2.54 bits per heavy atom. The van der Waals surface area contributed by atoms with Gasteiger partial charge in [-0.2, -0.15) is 4.31 Å². The number of rotatable bonds is 4. The first kappa shape index (κ1) is 19.3. The quantitative estimate of drug-likeness (QED) is 0.724. The Morgan fingerprint density at radius 2 is 1.75 bits per heavy atom. The molecule has 0 amide bonds. The summed E-state index contributed by atoms with van der Waals surface area (Å²) >= 11 is 5.88. The fraction of sp³-hybridized carbons (Fsp3) is 0.333. The van der Waals surface area contributed by atoms with Gasteiger partial charge < -0.3 is 9.47 Å². The van der Waals surface area contributed by atoms with Crippen molar-refractivity contribution >= 4 is 27.7 Å². The molecule has 2 heterocycles. The first-order valence-corrected chi connectivity index (χ1v) is 11.3. The molecule has 2 aromatic carbocycles. The largest absolute Gasteiger partial charge is 0.490 e. The van der Waals surface area contributed by atoms with Crippen molar-refractivity contribution in [3.8, 4) is 11.5 Å². The molecule has 7 heteroatoms. The van der Waals surface area contributed by atoms with Gasteiger partial charge in [-0.25, -0.2) is 8.42 Å². The first-order chi connectivity index (χ1) is 13.5. The molecular weight excluding hydrogens is 398 g/mol. The Morgan fingerprint density at radius 1 is 1.00 bits per heavy atom. The molecule has 0 aliphatic carbocycles. The molecule has 1 fully saturated rings. The highest BCUT2D eigenvalue weighted by Crippen LogP contribution is 2.39. The summed E-state index contributed by atoms with van der Waals surface area (Å²) in [5.74, 6) is 1.41. The Hall–Kier alpha value is -2.02. The van der Waals surface area contributed by atoms with Crippen molar-refractivity contribution in [1.82, 2.24) is 4.31 Å². The normalized spacial score (nSPS) is 20.4. The summed E-state index contributed by atoms with van der Waals surface area (Å²) in [6.07, 6.45) is 4.05. The van der Waals surface area contributed by atoms with Crippen LogP contribution < -0.4 is 9.47 Å². The number of benzene rings is 2. The van der Waals surface area contributed by atoms with Gasteiger partial charge >= 0.3 is 0 Å². The molecule has 28 heavy (non-hydrogen) atoms. The van der Waals surface area contributed by atoms with E-state index in [1.165, 1.54) is 5.41 Å².